The monoisotopic (exact) mass is 292 g/mol. The minimum atomic E-state index is -0.462. The minimum absolute atomic E-state index is 0.343. The van der Waals surface area contributed by atoms with Gasteiger partial charge in [-0.25, -0.2) is 0 Å². The van der Waals surface area contributed by atoms with Crippen molar-refractivity contribution in [2.75, 3.05) is 32.8 Å². The fraction of sp³-hybridized carbons (Fsp3) is 0.625. The van der Waals surface area contributed by atoms with E-state index >= 15 is 0 Å². The predicted octanol–water partition coefficient (Wildman–Crippen LogP) is 1.02. The third-order valence-electron chi connectivity index (χ3n) is 4.46. The summed E-state index contributed by atoms with van der Waals surface area (Å²) in [5, 5.41) is 10.4. The molecule has 0 bridgehead atoms. The highest BCUT2D eigenvalue weighted by Crippen LogP contribution is 2.31. The van der Waals surface area contributed by atoms with Crippen LogP contribution in [0.2, 0.25) is 0 Å². The molecule has 3 N–H and O–H groups in total. The zero-order chi connectivity index (χ0) is 14.7. The molecule has 0 amide bonds. The molecule has 2 aliphatic rings. The van der Waals surface area contributed by atoms with Crippen LogP contribution in [0.5, 0.6) is 0 Å². The number of rotatable bonds is 4. The molecule has 21 heavy (non-hydrogen) atoms. The molecule has 0 radical (unpaired) electrons. The first kappa shape index (κ1) is 14.9. The van der Waals surface area contributed by atoms with Gasteiger partial charge in [-0.3, -0.25) is 0 Å². The Morgan fingerprint density at radius 1 is 1.14 bits per heavy atom. The number of likely N-dealkylation sites (tertiary alicyclic amines) is 1. The van der Waals surface area contributed by atoms with Crippen LogP contribution in [0.15, 0.2) is 24.3 Å². The Balaban J connectivity index is 1.52. The topological polar surface area (TPSA) is 68.0 Å². The lowest BCUT2D eigenvalue weighted by Gasteiger charge is -2.38. The molecule has 0 saturated carbocycles. The van der Waals surface area contributed by atoms with Gasteiger partial charge in [-0.2, -0.15) is 0 Å². The van der Waals surface area contributed by atoms with E-state index in [0.717, 1.165) is 37.1 Å². The van der Waals surface area contributed by atoms with Gasteiger partial charge in [0.2, 0.25) is 0 Å². The van der Waals surface area contributed by atoms with Gasteiger partial charge in [0.1, 0.15) is 0 Å². The van der Waals surface area contributed by atoms with E-state index in [4.69, 9.17) is 15.2 Å². The quantitative estimate of drug-likeness (QED) is 0.867. The molecule has 1 aromatic rings. The molecule has 116 valence electrons. The summed E-state index contributed by atoms with van der Waals surface area (Å²) in [5.41, 5.74) is 7.62. The fourth-order valence-electron chi connectivity index (χ4n) is 3.09. The highest BCUT2D eigenvalue weighted by molar-refractivity contribution is 5.24. The van der Waals surface area contributed by atoms with Crippen LogP contribution in [0.1, 0.15) is 30.1 Å². The van der Waals surface area contributed by atoms with Gasteiger partial charge in [0, 0.05) is 39.0 Å². The average Bonchev–Trinajstić information content (AvgIpc) is 2.98. The first-order chi connectivity index (χ1) is 10.2. The molecule has 2 saturated heterocycles. The molecule has 1 atom stereocenters. The van der Waals surface area contributed by atoms with Crippen molar-refractivity contribution in [3.05, 3.63) is 35.4 Å². The van der Waals surface area contributed by atoms with E-state index in [0.29, 0.717) is 26.3 Å². The van der Waals surface area contributed by atoms with E-state index in [2.05, 4.69) is 4.90 Å². The lowest BCUT2D eigenvalue weighted by molar-refractivity contribution is -0.186. The van der Waals surface area contributed by atoms with Gasteiger partial charge in [-0.1, -0.05) is 24.3 Å². The standard InChI is InChI=1S/C16H24N2O3/c17-11-13-1-3-14(4-2-13)15(19)12-18-7-5-16(6-8-18)20-9-10-21-16/h1-4,15,19H,5-12,17H2. The van der Waals surface area contributed by atoms with Crippen molar-refractivity contribution in [2.24, 2.45) is 5.73 Å². The summed E-state index contributed by atoms with van der Waals surface area (Å²) in [5.74, 6) is -0.343. The van der Waals surface area contributed by atoms with Gasteiger partial charge in [-0.15, -0.1) is 0 Å². The highest BCUT2D eigenvalue weighted by atomic mass is 16.7. The molecular weight excluding hydrogens is 268 g/mol. The van der Waals surface area contributed by atoms with Gasteiger partial charge < -0.3 is 25.2 Å². The summed E-state index contributed by atoms with van der Waals surface area (Å²) in [6.45, 7) is 4.39. The van der Waals surface area contributed by atoms with Crippen LogP contribution < -0.4 is 5.73 Å². The number of β-amino-alcohol motifs (C(OH)–C–C–N with tert-alkyl or cyclic N) is 1. The van der Waals surface area contributed by atoms with Crippen molar-refractivity contribution in [3.8, 4) is 0 Å². The molecule has 2 heterocycles. The minimum Gasteiger partial charge on any atom is -0.387 e. The van der Waals surface area contributed by atoms with Crippen molar-refractivity contribution in [1.29, 1.82) is 0 Å². The zero-order valence-electron chi connectivity index (χ0n) is 12.3. The first-order valence-corrected chi connectivity index (χ1v) is 7.68. The second-order valence-corrected chi connectivity index (χ2v) is 5.87. The van der Waals surface area contributed by atoms with Crippen molar-refractivity contribution >= 4 is 0 Å². The Morgan fingerprint density at radius 3 is 2.33 bits per heavy atom. The number of ether oxygens (including phenoxy) is 2. The summed E-state index contributed by atoms with van der Waals surface area (Å²) < 4.78 is 11.4. The Kier molecular flexibility index (Phi) is 4.57. The number of benzene rings is 1. The van der Waals surface area contributed by atoms with Crippen LogP contribution in [-0.4, -0.2) is 48.6 Å². The first-order valence-electron chi connectivity index (χ1n) is 7.68. The predicted molar refractivity (Wildman–Crippen MR) is 79.6 cm³/mol. The molecule has 5 heteroatoms. The molecule has 0 aliphatic carbocycles. The van der Waals surface area contributed by atoms with Gasteiger partial charge in [0.15, 0.2) is 5.79 Å². The number of aliphatic hydroxyl groups is 1. The molecule has 0 aromatic heterocycles. The molecule has 2 aliphatic heterocycles. The van der Waals surface area contributed by atoms with E-state index in [1.165, 1.54) is 0 Å². The van der Waals surface area contributed by atoms with E-state index in [-0.39, 0.29) is 5.79 Å². The molecule has 1 unspecified atom stereocenters. The summed E-state index contributed by atoms with van der Waals surface area (Å²) in [6.07, 6.45) is 1.30. The van der Waals surface area contributed by atoms with Crippen LogP contribution in [0.3, 0.4) is 0 Å². The molecule has 2 fully saturated rings. The maximum absolute atomic E-state index is 10.4. The SMILES string of the molecule is NCc1ccc(C(O)CN2CCC3(CC2)OCCO3)cc1. The van der Waals surface area contributed by atoms with Gasteiger partial charge in [0.25, 0.3) is 0 Å². The Bertz CT molecular complexity index is 447. The number of aliphatic hydroxyl groups excluding tert-OH is 1. The van der Waals surface area contributed by atoms with E-state index in [9.17, 15) is 5.11 Å². The zero-order valence-corrected chi connectivity index (χ0v) is 12.3. The fourth-order valence-corrected chi connectivity index (χ4v) is 3.09. The van der Waals surface area contributed by atoms with Crippen molar-refractivity contribution in [2.45, 2.75) is 31.3 Å². The van der Waals surface area contributed by atoms with Crippen molar-refractivity contribution < 1.29 is 14.6 Å². The van der Waals surface area contributed by atoms with Gasteiger partial charge >= 0.3 is 0 Å². The Morgan fingerprint density at radius 2 is 1.76 bits per heavy atom. The number of hydrogen-bond donors (Lipinski definition) is 2. The van der Waals surface area contributed by atoms with Crippen LogP contribution in [0.4, 0.5) is 0 Å². The van der Waals surface area contributed by atoms with Crippen LogP contribution in [0, 0.1) is 0 Å². The normalized spacial score (nSPS) is 23.5. The van der Waals surface area contributed by atoms with Crippen LogP contribution >= 0.6 is 0 Å². The number of hydrogen-bond acceptors (Lipinski definition) is 5. The van der Waals surface area contributed by atoms with Crippen LogP contribution in [-0.2, 0) is 16.0 Å². The van der Waals surface area contributed by atoms with Gasteiger partial charge in [0.05, 0.1) is 19.3 Å². The van der Waals surface area contributed by atoms with Crippen molar-refractivity contribution in [3.63, 3.8) is 0 Å². The lowest BCUT2D eigenvalue weighted by Crippen LogP contribution is -2.46. The summed E-state index contributed by atoms with van der Waals surface area (Å²) in [4.78, 5) is 2.28. The Hall–Kier alpha value is -0.980. The van der Waals surface area contributed by atoms with Crippen molar-refractivity contribution in [1.82, 2.24) is 4.90 Å². The molecule has 5 nitrogen and oxygen atoms in total. The summed E-state index contributed by atoms with van der Waals surface area (Å²) >= 11 is 0. The lowest BCUT2D eigenvalue weighted by atomic mass is 10.0. The summed E-state index contributed by atoms with van der Waals surface area (Å²) in [6, 6.07) is 7.87. The van der Waals surface area contributed by atoms with E-state index in [1.807, 2.05) is 24.3 Å². The third-order valence-corrected chi connectivity index (χ3v) is 4.46. The second kappa shape index (κ2) is 6.42. The second-order valence-electron chi connectivity index (χ2n) is 5.87. The maximum Gasteiger partial charge on any atom is 0.170 e. The smallest absolute Gasteiger partial charge is 0.170 e. The molecular formula is C16H24N2O3. The highest BCUT2D eigenvalue weighted by Gasteiger charge is 2.39. The van der Waals surface area contributed by atoms with E-state index in [1.54, 1.807) is 0 Å². The molecule has 1 aromatic carbocycles. The van der Waals surface area contributed by atoms with Gasteiger partial charge in [-0.05, 0) is 11.1 Å². The van der Waals surface area contributed by atoms with E-state index < -0.39 is 6.10 Å². The Labute approximate surface area is 125 Å². The summed E-state index contributed by atoms with van der Waals surface area (Å²) in [7, 11) is 0. The maximum atomic E-state index is 10.4. The third kappa shape index (κ3) is 3.44. The molecule has 1 spiro atoms. The number of piperidine rings is 1. The van der Waals surface area contributed by atoms with Crippen LogP contribution in [0.25, 0.3) is 0 Å². The number of nitrogens with zero attached hydrogens (tertiary/aromatic N) is 1. The number of nitrogens with two attached hydrogens (primary N) is 1. The largest absolute Gasteiger partial charge is 0.387 e. The molecule has 3 rings (SSSR count). The average molecular weight is 292 g/mol.